The fraction of sp³-hybridized carbons (Fsp3) is 0.545. The van der Waals surface area contributed by atoms with E-state index in [4.69, 9.17) is 4.84 Å². The summed E-state index contributed by atoms with van der Waals surface area (Å²) in [6.45, 7) is 4.27. The van der Waals surface area contributed by atoms with Crippen molar-refractivity contribution in [2.24, 2.45) is 0 Å². The second kappa shape index (κ2) is 5.43. The van der Waals surface area contributed by atoms with Gasteiger partial charge in [-0.25, -0.2) is 0 Å². The van der Waals surface area contributed by atoms with Crippen molar-refractivity contribution < 1.29 is 9.63 Å². The number of nitrogens with zero attached hydrogens (tertiary/aromatic N) is 1. The molecule has 0 aliphatic carbocycles. The Morgan fingerprint density at radius 2 is 2.56 bits per heavy atom. The van der Waals surface area contributed by atoms with Crippen molar-refractivity contribution in [1.82, 2.24) is 10.4 Å². The molecule has 0 spiro atoms. The van der Waals surface area contributed by atoms with Gasteiger partial charge in [-0.15, -0.1) is 11.3 Å². The van der Waals surface area contributed by atoms with E-state index < -0.39 is 0 Å². The summed E-state index contributed by atoms with van der Waals surface area (Å²) in [4.78, 5) is 20.0. The Labute approximate surface area is 99.2 Å². The van der Waals surface area contributed by atoms with Crippen LogP contribution in [0.2, 0.25) is 0 Å². The van der Waals surface area contributed by atoms with Crippen LogP contribution in [0.3, 0.4) is 0 Å². The van der Waals surface area contributed by atoms with Crippen LogP contribution in [-0.2, 0) is 22.6 Å². The highest BCUT2D eigenvalue weighted by Gasteiger charge is 2.20. The van der Waals surface area contributed by atoms with Gasteiger partial charge in [-0.2, -0.15) is 5.48 Å². The lowest BCUT2D eigenvalue weighted by atomic mass is 10.1. The molecule has 0 saturated carbocycles. The maximum absolute atomic E-state index is 11.8. The van der Waals surface area contributed by atoms with Gasteiger partial charge in [0.1, 0.15) is 6.54 Å². The Balaban J connectivity index is 1.86. The Bertz CT molecular complexity index is 365. The maximum atomic E-state index is 11.8. The van der Waals surface area contributed by atoms with Crippen molar-refractivity contribution in [3.63, 3.8) is 0 Å². The van der Waals surface area contributed by atoms with Crippen LogP contribution >= 0.6 is 11.3 Å². The lowest BCUT2D eigenvalue weighted by Crippen LogP contribution is -2.40. The molecule has 0 saturated heterocycles. The van der Waals surface area contributed by atoms with Gasteiger partial charge in [0, 0.05) is 18.0 Å². The van der Waals surface area contributed by atoms with Crippen molar-refractivity contribution in [2.45, 2.75) is 19.9 Å². The third-order valence-electron chi connectivity index (χ3n) is 2.63. The minimum atomic E-state index is 0.102. The van der Waals surface area contributed by atoms with Gasteiger partial charge in [-0.1, -0.05) is 0 Å². The van der Waals surface area contributed by atoms with Gasteiger partial charge in [-0.05, 0) is 30.4 Å². The van der Waals surface area contributed by atoms with E-state index >= 15 is 0 Å². The van der Waals surface area contributed by atoms with Crippen LogP contribution in [0.25, 0.3) is 0 Å². The Morgan fingerprint density at radius 1 is 1.69 bits per heavy atom. The van der Waals surface area contributed by atoms with E-state index in [0.29, 0.717) is 6.61 Å². The number of thiophene rings is 1. The highest BCUT2D eigenvalue weighted by Crippen LogP contribution is 2.23. The fourth-order valence-corrected chi connectivity index (χ4v) is 2.68. The molecule has 1 aromatic heterocycles. The molecule has 2 heterocycles. The summed E-state index contributed by atoms with van der Waals surface area (Å²) in [6.07, 6.45) is 0.980. The van der Waals surface area contributed by atoms with Crippen LogP contribution in [0.5, 0.6) is 0 Å². The molecule has 0 aromatic carbocycles. The Kier molecular flexibility index (Phi) is 3.93. The molecule has 0 unspecified atom stereocenters. The van der Waals surface area contributed by atoms with E-state index in [1.165, 1.54) is 10.4 Å². The van der Waals surface area contributed by atoms with Crippen LogP contribution in [0.4, 0.5) is 0 Å². The summed E-state index contributed by atoms with van der Waals surface area (Å²) in [5.41, 5.74) is 3.95. The zero-order valence-corrected chi connectivity index (χ0v) is 10.2. The van der Waals surface area contributed by atoms with Gasteiger partial charge < -0.3 is 9.74 Å². The van der Waals surface area contributed by atoms with E-state index in [-0.39, 0.29) is 12.5 Å². The number of hydroxylamine groups is 1. The predicted octanol–water partition coefficient (Wildman–Crippen LogP) is 1.17. The number of carbonyl (C=O) groups excluding carboxylic acids is 1. The first-order valence-electron chi connectivity index (χ1n) is 5.49. The Hall–Kier alpha value is -0.910. The molecule has 1 aliphatic rings. The average molecular weight is 240 g/mol. The van der Waals surface area contributed by atoms with Crippen molar-refractivity contribution in [2.75, 3.05) is 19.7 Å². The summed E-state index contributed by atoms with van der Waals surface area (Å²) >= 11 is 1.78. The average Bonchev–Trinajstić information content (AvgIpc) is 2.76. The molecule has 1 aliphatic heterocycles. The number of hydrogen-bond acceptors (Lipinski definition) is 4. The maximum Gasteiger partial charge on any atom is 0.239 e. The van der Waals surface area contributed by atoms with Crippen LogP contribution in [0, 0.1) is 0 Å². The molecule has 1 N–H and O–H groups in total. The number of rotatable bonds is 4. The largest absolute Gasteiger partial charge is 0.337 e. The zero-order chi connectivity index (χ0) is 11.4. The number of hydrogen-bond donors (Lipinski definition) is 1. The van der Waals surface area contributed by atoms with Crippen LogP contribution in [-0.4, -0.2) is 30.5 Å². The number of fused-ring (bicyclic) bond motifs is 1. The molecule has 4 nitrogen and oxygen atoms in total. The van der Waals surface area contributed by atoms with E-state index in [0.717, 1.165) is 19.5 Å². The van der Waals surface area contributed by atoms with E-state index in [1.807, 2.05) is 11.8 Å². The monoisotopic (exact) mass is 240 g/mol. The molecule has 0 radical (unpaired) electrons. The summed E-state index contributed by atoms with van der Waals surface area (Å²) in [6, 6.07) is 2.11. The molecule has 1 aromatic rings. The summed E-state index contributed by atoms with van der Waals surface area (Å²) < 4.78 is 0. The van der Waals surface area contributed by atoms with E-state index in [2.05, 4.69) is 16.9 Å². The lowest BCUT2D eigenvalue weighted by Gasteiger charge is -2.27. The lowest BCUT2D eigenvalue weighted by molar-refractivity contribution is -0.133. The first-order chi connectivity index (χ1) is 7.81. The smallest absolute Gasteiger partial charge is 0.239 e. The van der Waals surface area contributed by atoms with Crippen LogP contribution in [0.1, 0.15) is 17.4 Å². The highest BCUT2D eigenvalue weighted by atomic mass is 32.1. The molecule has 0 fully saturated rings. The zero-order valence-electron chi connectivity index (χ0n) is 9.36. The third-order valence-corrected chi connectivity index (χ3v) is 3.65. The predicted molar refractivity (Wildman–Crippen MR) is 63.1 cm³/mol. The molecular weight excluding hydrogens is 224 g/mol. The van der Waals surface area contributed by atoms with Gasteiger partial charge in [0.25, 0.3) is 0 Å². The fourth-order valence-electron chi connectivity index (χ4n) is 1.79. The summed E-state index contributed by atoms with van der Waals surface area (Å²) in [5, 5.41) is 2.09. The van der Waals surface area contributed by atoms with Gasteiger partial charge in [0.05, 0.1) is 6.61 Å². The second-order valence-corrected chi connectivity index (χ2v) is 4.69. The van der Waals surface area contributed by atoms with Gasteiger partial charge in [0.15, 0.2) is 0 Å². The molecule has 88 valence electrons. The topological polar surface area (TPSA) is 41.6 Å². The number of nitrogens with one attached hydrogen (secondary N) is 1. The molecule has 16 heavy (non-hydrogen) atoms. The summed E-state index contributed by atoms with van der Waals surface area (Å²) in [5.74, 6) is 0.102. The molecule has 0 bridgehead atoms. The van der Waals surface area contributed by atoms with Crippen LogP contribution in [0.15, 0.2) is 11.4 Å². The van der Waals surface area contributed by atoms with E-state index in [1.54, 1.807) is 11.3 Å². The normalized spacial score (nSPS) is 14.9. The molecule has 2 rings (SSSR count). The minimum Gasteiger partial charge on any atom is -0.337 e. The summed E-state index contributed by atoms with van der Waals surface area (Å²) in [7, 11) is 0. The first kappa shape index (κ1) is 11.6. The van der Waals surface area contributed by atoms with Gasteiger partial charge in [-0.3, -0.25) is 4.79 Å². The number of carbonyl (C=O) groups is 1. The standard InChI is InChI=1S/C11H16N2O2S/c1-2-15-12-7-11(14)13-5-3-10-9(8-13)4-6-16-10/h4,6,12H,2-3,5,7-8H2,1H3. The van der Waals surface area contributed by atoms with Gasteiger partial charge >= 0.3 is 0 Å². The second-order valence-electron chi connectivity index (χ2n) is 3.69. The van der Waals surface area contributed by atoms with Crippen molar-refractivity contribution in [3.8, 4) is 0 Å². The molecule has 0 atom stereocenters. The third kappa shape index (κ3) is 2.61. The van der Waals surface area contributed by atoms with Crippen molar-refractivity contribution in [3.05, 3.63) is 21.9 Å². The molecular formula is C11H16N2O2S. The molecule has 5 heteroatoms. The van der Waals surface area contributed by atoms with Crippen molar-refractivity contribution in [1.29, 1.82) is 0 Å². The highest BCUT2D eigenvalue weighted by molar-refractivity contribution is 7.10. The van der Waals surface area contributed by atoms with Crippen LogP contribution < -0.4 is 5.48 Å². The minimum absolute atomic E-state index is 0.102. The molecule has 1 amide bonds. The van der Waals surface area contributed by atoms with E-state index in [9.17, 15) is 4.79 Å². The quantitative estimate of drug-likeness (QED) is 0.634. The Morgan fingerprint density at radius 3 is 3.38 bits per heavy atom. The first-order valence-corrected chi connectivity index (χ1v) is 6.37. The van der Waals surface area contributed by atoms with Gasteiger partial charge in [0.2, 0.25) is 5.91 Å². The number of amides is 1. The SMILES string of the molecule is CCONCC(=O)N1CCc2sccc2C1. The van der Waals surface area contributed by atoms with Crippen molar-refractivity contribution >= 4 is 17.2 Å².